The van der Waals surface area contributed by atoms with Gasteiger partial charge in [0.1, 0.15) is 11.5 Å². The van der Waals surface area contributed by atoms with Crippen molar-refractivity contribution in [1.82, 2.24) is 19.9 Å². The van der Waals surface area contributed by atoms with Crippen LogP contribution in [0, 0.1) is 0 Å². The monoisotopic (exact) mass is 377 g/mol. The second kappa shape index (κ2) is 7.31. The molecule has 0 spiro atoms. The summed E-state index contributed by atoms with van der Waals surface area (Å²) < 4.78 is 0. The first kappa shape index (κ1) is 17.3. The van der Waals surface area contributed by atoms with Gasteiger partial charge in [-0.1, -0.05) is 0 Å². The average Bonchev–Trinajstić information content (AvgIpc) is 3.15. The van der Waals surface area contributed by atoms with E-state index in [9.17, 15) is 0 Å². The fourth-order valence-corrected chi connectivity index (χ4v) is 3.80. The van der Waals surface area contributed by atoms with E-state index in [1.54, 1.807) is 0 Å². The maximum absolute atomic E-state index is 4.74. The predicted octanol–water partition coefficient (Wildman–Crippen LogP) is 3.42. The Balaban J connectivity index is 1.33. The number of fused-ring (bicyclic) bond motifs is 1. The van der Waals surface area contributed by atoms with Crippen LogP contribution in [0.3, 0.4) is 0 Å². The summed E-state index contributed by atoms with van der Waals surface area (Å²) in [6, 6.07) is 11.1. The van der Waals surface area contributed by atoms with E-state index in [0.29, 0.717) is 12.0 Å². The van der Waals surface area contributed by atoms with Gasteiger partial charge in [-0.3, -0.25) is 0 Å². The van der Waals surface area contributed by atoms with Crippen LogP contribution in [-0.2, 0) is 0 Å². The normalized spacial score (nSPS) is 18.2. The highest BCUT2D eigenvalue weighted by atomic mass is 15.2. The van der Waals surface area contributed by atoms with Gasteiger partial charge in [-0.2, -0.15) is 9.97 Å². The molecule has 2 fully saturated rings. The molecule has 1 aromatic carbocycles. The number of rotatable bonds is 5. The van der Waals surface area contributed by atoms with Crippen LogP contribution in [0.1, 0.15) is 19.3 Å². The molecule has 0 bridgehead atoms. The van der Waals surface area contributed by atoms with E-state index in [1.807, 2.05) is 12.3 Å². The molecule has 1 saturated carbocycles. The molecule has 1 saturated heterocycles. The topological polar surface area (TPSA) is 72.1 Å². The number of hydrogen-bond acceptors (Lipinski definition) is 6. The van der Waals surface area contributed by atoms with Crippen LogP contribution in [0.25, 0.3) is 11.0 Å². The maximum atomic E-state index is 4.74. The number of piperazine rings is 1. The van der Waals surface area contributed by atoms with Gasteiger partial charge in [0.15, 0.2) is 0 Å². The third-order valence-electron chi connectivity index (χ3n) is 5.85. The lowest BCUT2D eigenvalue weighted by Crippen LogP contribution is -2.44. The summed E-state index contributed by atoms with van der Waals surface area (Å²) in [6.07, 6.45) is 5.64. The first-order valence-electron chi connectivity index (χ1n) is 10.2. The molecule has 0 radical (unpaired) electrons. The van der Waals surface area contributed by atoms with Crippen LogP contribution in [0.4, 0.5) is 23.1 Å². The minimum absolute atomic E-state index is 0.531. The largest absolute Gasteiger partial charge is 0.369 e. The van der Waals surface area contributed by atoms with Gasteiger partial charge >= 0.3 is 0 Å². The first-order chi connectivity index (χ1) is 13.7. The molecular weight excluding hydrogens is 350 g/mol. The van der Waals surface area contributed by atoms with Gasteiger partial charge in [0.2, 0.25) is 5.95 Å². The van der Waals surface area contributed by atoms with Crippen molar-refractivity contribution in [2.24, 2.45) is 0 Å². The number of likely N-dealkylation sites (N-methyl/N-ethyl adjacent to an activating group) is 1. The molecule has 3 aromatic rings. The lowest BCUT2D eigenvalue weighted by atomic mass is 9.93. The number of hydrogen-bond donors (Lipinski definition) is 3. The van der Waals surface area contributed by atoms with Gasteiger partial charge < -0.3 is 25.4 Å². The van der Waals surface area contributed by atoms with Crippen LogP contribution in [0.5, 0.6) is 0 Å². The SMILES string of the molecule is CN1CCN(c2ccc(Nc3nc(NC4CCC4)c4cc[nH]c4n3)cc2)CC1. The Morgan fingerprint density at radius 1 is 1.00 bits per heavy atom. The van der Waals surface area contributed by atoms with Crippen LogP contribution in [0.15, 0.2) is 36.5 Å². The van der Waals surface area contributed by atoms with Gasteiger partial charge in [0, 0.05) is 49.8 Å². The number of nitrogens with one attached hydrogen (secondary N) is 3. The van der Waals surface area contributed by atoms with Gasteiger partial charge in [-0.15, -0.1) is 0 Å². The molecule has 7 nitrogen and oxygen atoms in total. The highest BCUT2D eigenvalue weighted by Crippen LogP contribution is 2.28. The van der Waals surface area contributed by atoms with Crippen LogP contribution in [-0.4, -0.2) is 59.1 Å². The minimum atomic E-state index is 0.531. The Morgan fingerprint density at radius 3 is 2.50 bits per heavy atom. The zero-order valence-corrected chi connectivity index (χ0v) is 16.3. The molecule has 2 aliphatic rings. The van der Waals surface area contributed by atoms with E-state index >= 15 is 0 Å². The average molecular weight is 377 g/mol. The fourth-order valence-electron chi connectivity index (χ4n) is 3.80. The lowest BCUT2D eigenvalue weighted by Gasteiger charge is -2.34. The van der Waals surface area contributed by atoms with Gasteiger partial charge in [-0.05, 0) is 56.6 Å². The molecule has 28 heavy (non-hydrogen) atoms. The van der Waals surface area contributed by atoms with E-state index in [0.717, 1.165) is 48.7 Å². The van der Waals surface area contributed by atoms with Gasteiger partial charge in [0.05, 0.1) is 5.39 Å². The van der Waals surface area contributed by atoms with Crippen LogP contribution in [0.2, 0.25) is 0 Å². The Hall–Kier alpha value is -2.80. The molecule has 0 amide bonds. The zero-order valence-electron chi connectivity index (χ0n) is 16.3. The van der Waals surface area contributed by atoms with Crippen molar-refractivity contribution in [3.05, 3.63) is 36.5 Å². The van der Waals surface area contributed by atoms with Crippen molar-refractivity contribution in [3.63, 3.8) is 0 Å². The smallest absolute Gasteiger partial charge is 0.231 e. The summed E-state index contributed by atoms with van der Waals surface area (Å²) in [5, 5.41) is 7.98. The second-order valence-corrected chi connectivity index (χ2v) is 7.87. The molecule has 3 heterocycles. The molecule has 146 valence electrons. The molecular formula is C21H27N7. The van der Waals surface area contributed by atoms with Gasteiger partial charge in [0.25, 0.3) is 0 Å². The molecule has 5 rings (SSSR count). The maximum Gasteiger partial charge on any atom is 0.231 e. The van der Waals surface area contributed by atoms with Crippen LogP contribution >= 0.6 is 0 Å². The van der Waals surface area contributed by atoms with E-state index in [2.05, 4.69) is 61.7 Å². The Kier molecular flexibility index (Phi) is 4.52. The molecule has 0 atom stereocenters. The van der Waals surface area contributed by atoms with E-state index in [4.69, 9.17) is 4.98 Å². The molecule has 0 unspecified atom stereocenters. The summed E-state index contributed by atoms with van der Waals surface area (Å²) in [4.78, 5) is 17.4. The quantitative estimate of drug-likeness (QED) is 0.633. The van der Waals surface area contributed by atoms with E-state index in [1.165, 1.54) is 24.9 Å². The minimum Gasteiger partial charge on any atom is -0.369 e. The van der Waals surface area contributed by atoms with Crippen molar-refractivity contribution in [2.75, 3.05) is 48.8 Å². The molecule has 1 aliphatic heterocycles. The molecule has 3 N–H and O–H groups in total. The van der Waals surface area contributed by atoms with Crippen LogP contribution < -0.4 is 15.5 Å². The summed E-state index contributed by atoms with van der Waals surface area (Å²) in [5.41, 5.74) is 3.12. The Bertz CT molecular complexity index is 937. The third-order valence-corrected chi connectivity index (χ3v) is 5.85. The summed E-state index contributed by atoms with van der Waals surface area (Å²) in [7, 11) is 2.18. The van der Waals surface area contributed by atoms with Crippen molar-refractivity contribution in [1.29, 1.82) is 0 Å². The number of aromatic nitrogens is 3. The summed E-state index contributed by atoms with van der Waals surface area (Å²) in [6.45, 7) is 4.37. The highest BCUT2D eigenvalue weighted by Gasteiger charge is 2.20. The number of anilines is 4. The van der Waals surface area contributed by atoms with Crippen molar-refractivity contribution in [3.8, 4) is 0 Å². The fraction of sp³-hybridized carbons (Fsp3) is 0.429. The summed E-state index contributed by atoms with van der Waals surface area (Å²) in [5.74, 6) is 1.52. The predicted molar refractivity (Wildman–Crippen MR) is 115 cm³/mol. The number of benzene rings is 1. The van der Waals surface area contributed by atoms with Crippen molar-refractivity contribution in [2.45, 2.75) is 25.3 Å². The number of nitrogens with zero attached hydrogens (tertiary/aromatic N) is 4. The number of aromatic amines is 1. The van der Waals surface area contributed by atoms with Gasteiger partial charge in [-0.25, -0.2) is 0 Å². The first-order valence-corrected chi connectivity index (χ1v) is 10.2. The third kappa shape index (κ3) is 3.49. The molecule has 1 aliphatic carbocycles. The standard InChI is InChI=1S/C21H27N7/c1-27-11-13-28(14-12-27)17-7-5-16(6-8-17)24-21-25-19-18(9-10-22-19)20(26-21)23-15-3-2-4-15/h5-10,15H,2-4,11-14H2,1H3,(H3,22,23,24,25,26). The zero-order chi connectivity index (χ0) is 18.9. The Labute approximate surface area is 165 Å². The molecule has 2 aromatic heterocycles. The number of H-pyrrole nitrogens is 1. The highest BCUT2D eigenvalue weighted by molar-refractivity contribution is 5.88. The van der Waals surface area contributed by atoms with E-state index < -0.39 is 0 Å². The van der Waals surface area contributed by atoms with E-state index in [-0.39, 0.29) is 0 Å². The lowest BCUT2D eigenvalue weighted by molar-refractivity contribution is 0.313. The Morgan fingerprint density at radius 2 is 1.79 bits per heavy atom. The summed E-state index contributed by atoms with van der Waals surface area (Å²) >= 11 is 0. The second-order valence-electron chi connectivity index (χ2n) is 7.87. The van der Waals surface area contributed by atoms with Crippen molar-refractivity contribution >= 4 is 34.2 Å². The van der Waals surface area contributed by atoms with Crippen molar-refractivity contribution < 1.29 is 0 Å². The molecule has 7 heteroatoms.